The first-order chi connectivity index (χ1) is 9.84. The highest BCUT2D eigenvalue weighted by Gasteiger charge is 2.24. The smallest absolute Gasteiger partial charge is 0.222 e. The second kappa shape index (κ2) is 8.13. The Balaban J connectivity index is 2.48. The SMILES string of the molecule is CN(Cc1ccccn1)C(=O)CCC(CCN)C(C)(C)C. The summed E-state index contributed by atoms with van der Waals surface area (Å²) in [5.41, 5.74) is 6.80. The van der Waals surface area contributed by atoms with Gasteiger partial charge in [-0.15, -0.1) is 0 Å². The van der Waals surface area contributed by atoms with Gasteiger partial charge in [-0.05, 0) is 42.9 Å². The van der Waals surface area contributed by atoms with Crippen molar-refractivity contribution in [2.24, 2.45) is 17.1 Å². The predicted octanol–water partition coefficient (Wildman–Crippen LogP) is 2.83. The van der Waals surface area contributed by atoms with Crippen molar-refractivity contribution < 1.29 is 4.79 Å². The molecule has 21 heavy (non-hydrogen) atoms. The van der Waals surface area contributed by atoms with Crippen LogP contribution in [0.25, 0.3) is 0 Å². The van der Waals surface area contributed by atoms with Crippen LogP contribution in [0.4, 0.5) is 0 Å². The molecular weight excluding hydrogens is 262 g/mol. The molecule has 1 amide bonds. The van der Waals surface area contributed by atoms with E-state index in [2.05, 4.69) is 25.8 Å². The molecule has 0 saturated heterocycles. The Hall–Kier alpha value is -1.42. The lowest BCUT2D eigenvalue weighted by Gasteiger charge is -2.31. The van der Waals surface area contributed by atoms with Crippen LogP contribution in [0.5, 0.6) is 0 Å². The van der Waals surface area contributed by atoms with Gasteiger partial charge in [-0.2, -0.15) is 0 Å². The summed E-state index contributed by atoms with van der Waals surface area (Å²) in [5, 5.41) is 0. The fraction of sp³-hybridized carbons (Fsp3) is 0.647. The molecule has 118 valence electrons. The van der Waals surface area contributed by atoms with Crippen molar-refractivity contribution in [2.75, 3.05) is 13.6 Å². The van der Waals surface area contributed by atoms with Gasteiger partial charge in [0, 0.05) is 19.7 Å². The van der Waals surface area contributed by atoms with Crippen LogP contribution in [-0.2, 0) is 11.3 Å². The number of nitrogens with zero attached hydrogens (tertiary/aromatic N) is 2. The zero-order chi connectivity index (χ0) is 15.9. The van der Waals surface area contributed by atoms with Gasteiger partial charge < -0.3 is 10.6 Å². The number of carbonyl (C=O) groups excluding carboxylic acids is 1. The van der Waals surface area contributed by atoms with E-state index in [-0.39, 0.29) is 11.3 Å². The Bertz CT molecular complexity index is 425. The highest BCUT2D eigenvalue weighted by molar-refractivity contribution is 5.75. The Kier molecular flexibility index (Phi) is 6.82. The fourth-order valence-corrected chi connectivity index (χ4v) is 2.52. The lowest BCUT2D eigenvalue weighted by molar-refractivity contribution is -0.131. The van der Waals surface area contributed by atoms with E-state index in [0.717, 1.165) is 18.5 Å². The van der Waals surface area contributed by atoms with Crippen LogP contribution in [-0.4, -0.2) is 29.4 Å². The van der Waals surface area contributed by atoms with Crippen molar-refractivity contribution in [1.29, 1.82) is 0 Å². The highest BCUT2D eigenvalue weighted by atomic mass is 16.2. The summed E-state index contributed by atoms with van der Waals surface area (Å²) >= 11 is 0. The average Bonchev–Trinajstić information content (AvgIpc) is 2.42. The Morgan fingerprint density at radius 2 is 2.05 bits per heavy atom. The molecule has 1 aromatic heterocycles. The van der Waals surface area contributed by atoms with Crippen LogP contribution in [0.15, 0.2) is 24.4 Å². The Labute approximate surface area is 128 Å². The molecule has 1 aromatic rings. The van der Waals surface area contributed by atoms with Crippen molar-refractivity contribution in [1.82, 2.24) is 9.88 Å². The summed E-state index contributed by atoms with van der Waals surface area (Å²) in [5.74, 6) is 0.654. The van der Waals surface area contributed by atoms with E-state index in [4.69, 9.17) is 5.73 Å². The summed E-state index contributed by atoms with van der Waals surface area (Å²) in [6.07, 6.45) is 4.20. The Morgan fingerprint density at radius 1 is 1.33 bits per heavy atom. The second-order valence-electron chi connectivity index (χ2n) is 6.75. The van der Waals surface area contributed by atoms with E-state index in [0.29, 0.717) is 25.4 Å². The molecule has 1 atom stereocenters. The zero-order valence-electron chi connectivity index (χ0n) is 13.8. The van der Waals surface area contributed by atoms with E-state index in [1.54, 1.807) is 11.1 Å². The molecule has 2 N–H and O–H groups in total. The molecule has 0 spiro atoms. The van der Waals surface area contributed by atoms with Gasteiger partial charge in [0.2, 0.25) is 5.91 Å². The molecule has 1 heterocycles. The van der Waals surface area contributed by atoms with E-state index >= 15 is 0 Å². The molecule has 0 aromatic carbocycles. The number of hydrogen-bond donors (Lipinski definition) is 1. The monoisotopic (exact) mass is 291 g/mol. The molecule has 0 bridgehead atoms. The van der Waals surface area contributed by atoms with Crippen molar-refractivity contribution >= 4 is 5.91 Å². The molecule has 4 nitrogen and oxygen atoms in total. The van der Waals surface area contributed by atoms with Gasteiger partial charge in [0.1, 0.15) is 0 Å². The molecule has 0 radical (unpaired) electrons. The summed E-state index contributed by atoms with van der Waals surface area (Å²) in [4.78, 5) is 18.3. The molecule has 0 aliphatic rings. The first kappa shape index (κ1) is 17.6. The number of aromatic nitrogens is 1. The Morgan fingerprint density at radius 3 is 2.57 bits per heavy atom. The maximum absolute atomic E-state index is 12.2. The van der Waals surface area contributed by atoms with Crippen molar-refractivity contribution in [3.8, 4) is 0 Å². The molecule has 1 unspecified atom stereocenters. The quantitative estimate of drug-likeness (QED) is 0.840. The van der Waals surface area contributed by atoms with E-state index in [1.807, 2.05) is 25.2 Å². The van der Waals surface area contributed by atoms with Crippen LogP contribution in [0.2, 0.25) is 0 Å². The lowest BCUT2D eigenvalue weighted by Crippen LogP contribution is -2.29. The largest absolute Gasteiger partial charge is 0.340 e. The van der Waals surface area contributed by atoms with Gasteiger partial charge in [0.15, 0.2) is 0 Å². The maximum Gasteiger partial charge on any atom is 0.222 e. The van der Waals surface area contributed by atoms with Crippen LogP contribution < -0.4 is 5.73 Å². The van der Waals surface area contributed by atoms with Gasteiger partial charge in [-0.25, -0.2) is 0 Å². The summed E-state index contributed by atoms with van der Waals surface area (Å²) in [7, 11) is 1.84. The van der Waals surface area contributed by atoms with Crippen LogP contribution in [0.1, 0.15) is 45.7 Å². The molecule has 4 heteroatoms. The minimum absolute atomic E-state index is 0.173. The zero-order valence-corrected chi connectivity index (χ0v) is 13.8. The van der Waals surface area contributed by atoms with Crippen LogP contribution >= 0.6 is 0 Å². The third-order valence-electron chi connectivity index (χ3n) is 4.00. The van der Waals surface area contributed by atoms with Gasteiger partial charge >= 0.3 is 0 Å². The average molecular weight is 291 g/mol. The van der Waals surface area contributed by atoms with Crippen molar-refractivity contribution in [3.63, 3.8) is 0 Å². The number of carbonyl (C=O) groups is 1. The van der Waals surface area contributed by atoms with Crippen molar-refractivity contribution in [3.05, 3.63) is 30.1 Å². The molecule has 0 fully saturated rings. The number of rotatable bonds is 7. The normalized spacial score (nSPS) is 13.0. The molecule has 0 aliphatic carbocycles. The summed E-state index contributed by atoms with van der Waals surface area (Å²) in [6, 6.07) is 5.76. The van der Waals surface area contributed by atoms with Gasteiger partial charge in [-0.3, -0.25) is 9.78 Å². The highest BCUT2D eigenvalue weighted by Crippen LogP contribution is 2.32. The van der Waals surface area contributed by atoms with Gasteiger partial charge in [-0.1, -0.05) is 26.8 Å². The van der Waals surface area contributed by atoms with Crippen LogP contribution in [0.3, 0.4) is 0 Å². The third kappa shape index (κ3) is 6.25. The molecule has 0 aliphatic heterocycles. The molecule has 0 saturated carbocycles. The van der Waals surface area contributed by atoms with Crippen LogP contribution in [0, 0.1) is 11.3 Å². The van der Waals surface area contributed by atoms with E-state index < -0.39 is 0 Å². The lowest BCUT2D eigenvalue weighted by atomic mass is 9.76. The number of hydrogen-bond acceptors (Lipinski definition) is 3. The number of amides is 1. The number of pyridine rings is 1. The van der Waals surface area contributed by atoms with Gasteiger partial charge in [0.05, 0.1) is 12.2 Å². The topological polar surface area (TPSA) is 59.2 Å². The number of nitrogens with two attached hydrogens (primary N) is 1. The second-order valence-corrected chi connectivity index (χ2v) is 6.75. The molecular formula is C17H29N3O. The maximum atomic E-state index is 12.2. The van der Waals surface area contributed by atoms with E-state index in [9.17, 15) is 4.79 Å². The fourth-order valence-electron chi connectivity index (χ4n) is 2.52. The first-order valence-electron chi connectivity index (χ1n) is 7.68. The van der Waals surface area contributed by atoms with E-state index in [1.165, 1.54) is 0 Å². The summed E-state index contributed by atoms with van der Waals surface area (Å²) < 4.78 is 0. The minimum atomic E-state index is 0.173. The standard InChI is InChI=1S/C17H29N3O/c1-17(2,3)14(10-11-18)8-9-16(21)20(4)13-15-7-5-6-12-19-15/h5-7,12,14H,8-11,13,18H2,1-4H3. The van der Waals surface area contributed by atoms with Gasteiger partial charge in [0.25, 0.3) is 0 Å². The first-order valence-corrected chi connectivity index (χ1v) is 7.68. The third-order valence-corrected chi connectivity index (χ3v) is 4.00. The van der Waals surface area contributed by atoms with Crippen molar-refractivity contribution in [2.45, 2.75) is 46.6 Å². The minimum Gasteiger partial charge on any atom is -0.340 e. The summed E-state index contributed by atoms with van der Waals surface area (Å²) in [6.45, 7) is 7.90. The predicted molar refractivity (Wildman–Crippen MR) is 86.6 cm³/mol. The molecule has 1 rings (SSSR count).